The molecule has 4 heteroatoms. The smallest absolute Gasteiger partial charge is 0.139 e. The summed E-state index contributed by atoms with van der Waals surface area (Å²) in [5.41, 5.74) is 0. The van der Waals surface area contributed by atoms with Crippen LogP contribution in [0.5, 0.6) is 5.75 Å². The number of halogens is 2. The van der Waals surface area contributed by atoms with Crippen molar-refractivity contribution in [2.24, 2.45) is 0 Å². The molecule has 0 atom stereocenters. The topological polar surface area (TPSA) is 9.23 Å². The lowest BCUT2D eigenvalue weighted by molar-refractivity contribution is 0.242. The van der Waals surface area contributed by atoms with Crippen molar-refractivity contribution in [2.45, 2.75) is 24.8 Å². The molecule has 0 saturated heterocycles. The number of hydrogen-bond donors (Lipinski definition) is 0. The molecule has 78 valence electrons. The maximum atomic E-state index is 6.13. The summed E-state index contributed by atoms with van der Waals surface area (Å²) in [5.74, 6) is 0.690. The van der Waals surface area contributed by atoms with Gasteiger partial charge in [0.15, 0.2) is 0 Å². The van der Waals surface area contributed by atoms with Gasteiger partial charge in [-0.05, 0) is 32.2 Å². The average Bonchev–Trinajstić information content (AvgIpc) is 2.10. The molecule has 0 fully saturated rings. The second kappa shape index (κ2) is 5.15. The molecule has 1 nitrogen and oxygen atoms in total. The fraction of sp³-hybridized carbons (Fsp3) is 0.400. The van der Waals surface area contributed by atoms with Crippen LogP contribution in [0, 0.1) is 0 Å². The Morgan fingerprint density at radius 2 is 1.93 bits per heavy atom. The molecular formula is C10H12Cl2OS. The van der Waals surface area contributed by atoms with Gasteiger partial charge < -0.3 is 4.74 Å². The van der Waals surface area contributed by atoms with Crippen LogP contribution >= 0.6 is 35.0 Å². The predicted octanol–water partition coefficient (Wildman–Crippen LogP) is 4.50. The molecular weight excluding hydrogens is 239 g/mol. The van der Waals surface area contributed by atoms with Gasteiger partial charge in [0.1, 0.15) is 5.75 Å². The molecule has 14 heavy (non-hydrogen) atoms. The molecule has 0 radical (unpaired) electrons. The standard InChI is InChI=1S/C10H12Cl2OS/c1-6(2)13-8-5-4-7(11)10(14-3)9(8)12/h4-6H,1-3H3. The van der Waals surface area contributed by atoms with Crippen LogP contribution in [0.1, 0.15) is 13.8 Å². The van der Waals surface area contributed by atoms with E-state index in [9.17, 15) is 0 Å². The van der Waals surface area contributed by atoms with E-state index in [4.69, 9.17) is 27.9 Å². The second-order valence-electron chi connectivity index (χ2n) is 3.06. The molecule has 0 aromatic heterocycles. The summed E-state index contributed by atoms with van der Waals surface area (Å²) in [5, 5.41) is 1.26. The quantitative estimate of drug-likeness (QED) is 0.731. The van der Waals surface area contributed by atoms with Crippen LogP contribution in [0.2, 0.25) is 10.0 Å². The number of hydrogen-bond acceptors (Lipinski definition) is 2. The second-order valence-corrected chi connectivity index (χ2v) is 4.66. The fourth-order valence-electron chi connectivity index (χ4n) is 1.05. The third kappa shape index (κ3) is 2.72. The highest BCUT2D eigenvalue weighted by atomic mass is 35.5. The van der Waals surface area contributed by atoms with Gasteiger partial charge in [0.2, 0.25) is 0 Å². The lowest BCUT2D eigenvalue weighted by Gasteiger charge is -2.13. The molecule has 0 amide bonds. The van der Waals surface area contributed by atoms with Crippen molar-refractivity contribution in [2.75, 3.05) is 6.26 Å². The van der Waals surface area contributed by atoms with Crippen molar-refractivity contribution in [1.82, 2.24) is 0 Å². The fourth-order valence-corrected chi connectivity index (χ4v) is 2.47. The molecule has 0 heterocycles. The van der Waals surface area contributed by atoms with Crippen molar-refractivity contribution in [3.63, 3.8) is 0 Å². The van der Waals surface area contributed by atoms with Gasteiger partial charge in [-0.25, -0.2) is 0 Å². The molecule has 0 aliphatic rings. The number of rotatable bonds is 3. The minimum absolute atomic E-state index is 0.114. The first-order valence-corrected chi connectivity index (χ1v) is 6.23. The van der Waals surface area contributed by atoms with Crippen LogP contribution in [0.4, 0.5) is 0 Å². The van der Waals surface area contributed by atoms with Crippen LogP contribution in [-0.2, 0) is 0 Å². The van der Waals surface area contributed by atoms with Crippen LogP contribution in [0.15, 0.2) is 17.0 Å². The van der Waals surface area contributed by atoms with Gasteiger partial charge in [-0.15, -0.1) is 11.8 Å². The first kappa shape index (κ1) is 12.0. The summed E-state index contributed by atoms with van der Waals surface area (Å²) in [6.07, 6.45) is 2.05. The van der Waals surface area contributed by atoms with Crippen molar-refractivity contribution in [3.05, 3.63) is 22.2 Å². The monoisotopic (exact) mass is 250 g/mol. The molecule has 0 aliphatic carbocycles. The van der Waals surface area contributed by atoms with Crippen molar-refractivity contribution >= 4 is 35.0 Å². The van der Waals surface area contributed by atoms with E-state index >= 15 is 0 Å². The molecule has 0 aliphatic heterocycles. The summed E-state index contributed by atoms with van der Waals surface area (Å²) in [7, 11) is 0. The van der Waals surface area contributed by atoms with E-state index in [-0.39, 0.29) is 6.10 Å². The Kier molecular flexibility index (Phi) is 4.42. The summed E-state index contributed by atoms with van der Waals surface area (Å²) >= 11 is 13.6. The Bertz CT molecular complexity index is 326. The van der Waals surface area contributed by atoms with Crippen molar-refractivity contribution < 1.29 is 4.74 Å². The zero-order valence-electron chi connectivity index (χ0n) is 8.30. The number of thioether (sulfide) groups is 1. The normalized spacial score (nSPS) is 10.7. The van der Waals surface area contributed by atoms with Gasteiger partial charge in [0.05, 0.1) is 16.1 Å². The van der Waals surface area contributed by atoms with Crippen molar-refractivity contribution in [1.29, 1.82) is 0 Å². The molecule has 1 rings (SSSR count). The summed E-state index contributed by atoms with van der Waals surface area (Å²) in [6.45, 7) is 3.92. The molecule has 0 spiro atoms. The third-order valence-electron chi connectivity index (χ3n) is 1.58. The Morgan fingerprint density at radius 3 is 2.43 bits per heavy atom. The minimum atomic E-state index is 0.114. The van der Waals surface area contributed by atoms with E-state index in [2.05, 4.69) is 0 Å². The molecule has 1 aromatic carbocycles. The number of ether oxygens (including phenoxy) is 1. The van der Waals surface area contributed by atoms with Gasteiger partial charge in [-0.1, -0.05) is 23.2 Å². The lowest BCUT2D eigenvalue weighted by Crippen LogP contribution is -2.06. The largest absolute Gasteiger partial charge is 0.489 e. The lowest BCUT2D eigenvalue weighted by atomic mass is 10.3. The molecule has 0 saturated carbocycles. The van der Waals surface area contributed by atoms with E-state index in [1.165, 1.54) is 11.8 Å². The van der Waals surface area contributed by atoms with E-state index in [0.717, 1.165) is 4.90 Å². The maximum absolute atomic E-state index is 6.13. The van der Waals surface area contributed by atoms with E-state index in [0.29, 0.717) is 15.8 Å². The van der Waals surface area contributed by atoms with Gasteiger partial charge in [0.25, 0.3) is 0 Å². The Labute approximate surface area is 98.7 Å². The van der Waals surface area contributed by atoms with Crippen LogP contribution in [-0.4, -0.2) is 12.4 Å². The third-order valence-corrected chi connectivity index (χ3v) is 3.33. The SMILES string of the molecule is CSc1c(Cl)ccc(OC(C)C)c1Cl. The molecule has 0 N–H and O–H groups in total. The highest BCUT2D eigenvalue weighted by molar-refractivity contribution is 7.98. The van der Waals surface area contributed by atoms with Crippen LogP contribution in [0.3, 0.4) is 0 Å². The Morgan fingerprint density at radius 1 is 1.29 bits per heavy atom. The molecule has 0 unspecified atom stereocenters. The summed E-state index contributed by atoms with van der Waals surface area (Å²) < 4.78 is 5.54. The van der Waals surface area contributed by atoms with Gasteiger partial charge in [-0.2, -0.15) is 0 Å². The molecule has 0 bridgehead atoms. The zero-order chi connectivity index (χ0) is 10.7. The van der Waals surface area contributed by atoms with E-state index in [1.54, 1.807) is 12.1 Å². The van der Waals surface area contributed by atoms with Crippen LogP contribution in [0.25, 0.3) is 0 Å². The Hall–Kier alpha value is -0.0500. The average molecular weight is 251 g/mol. The molecule has 1 aromatic rings. The van der Waals surface area contributed by atoms with Gasteiger partial charge in [-0.3, -0.25) is 0 Å². The predicted molar refractivity (Wildman–Crippen MR) is 64.0 cm³/mol. The maximum Gasteiger partial charge on any atom is 0.139 e. The van der Waals surface area contributed by atoms with E-state index < -0.39 is 0 Å². The highest BCUT2D eigenvalue weighted by Gasteiger charge is 2.11. The summed E-state index contributed by atoms with van der Waals surface area (Å²) in [6, 6.07) is 3.60. The zero-order valence-corrected chi connectivity index (χ0v) is 10.6. The van der Waals surface area contributed by atoms with Gasteiger partial charge in [0, 0.05) is 4.90 Å². The van der Waals surface area contributed by atoms with Crippen molar-refractivity contribution in [3.8, 4) is 5.75 Å². The first-order valence-electron chi connectivity index (χ1n) is 4.25. The highest BCUT2D eigenvalue weighted by Crippen LogP contribution is 2.39. The first-order chi connectivity index (χ1) is 6.56. The summed E-state index contributed by atoms with van der Waals surface area (Å²) in [4.78, 5) is 0.867. The minimum Gasteiger partial charge on any atom is -0.489 e. The van der Waals surface area contributed by atoms with Crippen LogP contribution < -0.4 is 4.74 Å². The number of benzene rings is 1. The Balaban J connectivity index is 3.08. The van der Waals surface area contributed by atoms with E-state index in [1.807, 2.05) is 20.1 Å². The van der Waals surface area contributed by atoms with Gasteiger partial charge >= 0.3 is 0 Å².